The summed E-state index contributed by atoms with van der Waals surface area (Å²) >= 11 is 6.21. The third-order valence-electron chi connectivity index (χ3n) is 6.00. The molecule has 4 N–H and O–H groups in total. The summed E-state index contributed by atoms with van der Waals surface area (Å²) in [6.45, 7) is 1.63. The van der Waals surface area contributed by atoms with Crippen LogP contribution in [0.1, 0.15) is 18.9 Å². The number of fused-ring (bicyclic) bond motifs is 2. The van der Waals surface area contributed by atoms with Crippen molar-refractivity contribution in [3.8, 4) is 11.5 Å². The van der Waals surface area contributed by atoms with Gasteiger partial charge in [-0.1, -0.05) is 11.6 Å². The van der Waals surface area contributed by atoms with Crippen LogP contribution >= 0.6 is 11.6 Å². The van der Waals surface area contributed by atoms with Gasteiger partial charge >= 0.3 is 0 Å². The molecule has 1 spiro atoms. The number of benzene rings is 2. The summed E-state index contributed by atoms with van der Waals surface area (Å²) < 4.78 is 10.6. The molecule has 164 valence electrons. The molecule has 9 heteroatoms. The van der Waals surface area contributed by atoms with E-state index in [0.717, 1.165) is 0 Å². The zero-order valence-corrected chi connectivity index (χ0v) is 18.1. The van der Waals surface area contributed by atoms with Gasteiger partial charge in [-0.15, -0.1) is 0 Å². The maximum Gasteiger partial charge on any atom is 0.250 e. The molecule has 0 radical (unpaired) electrons. The molecule has 2 heterocycles. The fraction of sp³-hybridized carbons (Fsp3) is 0.364. The predicted molar refractivity (Wildman–Crippen MR) is 117 cm³/mol. The molecule has 2 aliphatic heterocycles. The average molecular weight is 446 g/mol. The van der Waals surface area contributed by atoms with E-state index in [-0.39, 0.29) is 18.2 Å². The number of halogens is 1. The van der Waals surface area contributed by atoms with Crippen LogP contribution in [0, 0.1) is 5.92 Å². The van der Waals surface area contributed by atoms with Crippen molar-refractivity contribution in [2.45, 2.75) is 31.0 Å². The Labute approximate surface area is 184 Å². The zero-order valence-electron chi connectivity index (χ0n) is 17.4. The molecule has 4 rings (SSSR count). The molecular formula is C22H24ClN3O5. The fourth-order valence-corrected chi connectivity index (χ4v) is 4.59. The van der Waals surface area contributed by atoms with Crippen LogP contribution in [0.3, 0.4) is 0 Å². The second-order valence-corrected chi connectivity index (χ2v) is 8.22. The molecule has 0 bridgehead atoms. The van der Waals surface area contributed by atoms with Crippen molar-refractivity contribution in [3.63, 3.8) is 0 Å². The second-order valence-electron chi connectivity index (χ2n) is 7.79. The summed E-state index contributed by atoms with van der Waals surface area (Å²) in [6.07, 6.45) is -0.508. The van der Waals surface area contributed by atoms with E-state index < -0.39 is 23.6 Å². The highest BCUT2D eigenvalue weighted by Crippen LogP contribution is 2.48. The molecule has 1 saturated heterocycles. The van der Waals surface area contributed by atoms with E-state index in [1.54, 1.807) is 43.3 Å². The monoisotopic (exact) mass is 445 g/mol. The molecule has 1 fully saturated rings. The lowest BCUT2D eigenvalue weighted by Gasteiger charge is -2.29. The van der Waals surface area contributed by atoms with Crippen molar-refractivity contribution in [1.29, 1.82) is 0 Å². The van der Waals surface area contributed by atoms with Crippen LogP contribution in [0.25, 0.3) is 0 Å². The molecule has 8 nitrogen and oxygen atoms in total. The van der Waals surface area contributed by atoms with Gasteiger partial charge < -0.3 is 25.2 Å². The molecule has 0 unspecified atom stereocenters. The van der Waals surface area contributed by atoms with Gasteiger partial charge in [0.15, 0.2) is 0 Å². The molecule has 2 aromatic rings. The zero-order chi connectivity index (χ0) is 22.3. The molecule has 2 amide bonds. The SMILES string of the molecule is COc1ccc(OC)c(NC(=O)[C@H]2C[C@H]([C@H](C)O)N[C@]23C(=O)Nc2ccc(Cl)cc23)c1. The number of anilines is 2. The summed E-state index contributed by atoms with van der Waals surface area (Å²) in [6, 6.07) is 9.67. The van der Waals surface area contributed by atoms with Crippen molar-refractivity contribution in [2.75, 3.05) is 24.9 Å². The Morgan fingerprint density at radius 3 is 2.71 bits per heavy atom. The van der Waals surface area contributed by atoms with Crippen LogP contribution in [-0.2, 0) is 15.1 Å². The van der Waals surface area contributed by atoms with E-state index in [0.29, 0.717) is 33.5 Å². The number of carbonyl (C=O) groups is 2. The number of ether oxygens (including phenoxy) is 2. The Kier molecular flexibility index (Phi) is 5.55. The van der Waals surface area contributed by atoms with Crippen LogP contribution in [0.2, 0.25) is 5.02 Å². The Balaban J connectivity index is 1.75. The Morgan fingerprint density at radius 2 is 2.03 bits per heavy atom. The Hall–Kier alpha value is -2.81. The third-order valence-corrected chi connectivity index (χ3v) is 6.24. The Bertz CT molecular complexity index is 1040. The van der Waals surface area contributed by atoms with Gasteiger partial charge in [0.1, 0.15) is 17.0 Å². The number of carbonyl (C=O) groups excluding carboxylic acids is 2. The van der Waals surface area contributed by atoms with Crippen LogP contribution in [0.15, 0.2) is 36.4 Å². The molecule has 2 aliphatic rings. The lowest BCUT2D eigenvalue weighted by Crippen LogP contribution is -2.53. The van der Waals surface area contributed by atoms with Gasteiger partial charge in [-0.3, -0.25) is 14.9 Å². The smallest absolute Gasteiger partial charge is 0.250 e. The summed E-state index contributed by atoms with van der Waals surface area (Å²) in [4.78, 5) is 26.7. The lowest BCUT2D eigenvalue weighted by molar-refractivity contribution is -0.130. The summed E-state index contributed by atoms with van der Waals surface area (Å²) in [5.41, 5.74) is 0.251. The van der Waals surface area contributed by atoms with Crippen LogP contribution in [-0.4, -0.2) is 43.3 Å². The number of aliphatic hydroxyl groups excluding tert-OH is 1. The minimum absolute atomic E-state index is 0.259. The highest BCUT2D eigenvalue weighted by atomic mass is 35.5. The number of hydrogen-bond donors (Lipinski definition) is 4. The predicted octanol–water partition coefficient (Wildman–Crippen LogP) is 2.50. The van der Waals surface area contributed by atoms with Gasteiger partial charge in [0.2, 0.25) is 11.8 Å². The normalized spacial score (nSPS) is 25.1. The number of hydrogen-bond acceptors (Lipinski definition) is 6. The standard InChI is InChI=1S/C22H24ClN3O5/c1-11(27)17-10-15(20(28)24-18-9-13(30-2)5-7-19(18)31-3)22(26-17)14-8-12(23)4-6-16(14)25-21(22)29/h4-9,11,15,17,26-27H,10H2,1-3H3,(H,24,28)(H,25,29)/t11-,15+,17+,22-/m0/s1. The fourth-order valence-electron chi connectivity index (χ4n) is 4.42. The van der Waals surface area contributed by atoms with E-state index in [9.17, 15) is 14.7 Å². The van der Waals surface area contributed by atoms with E-state index in [4.69, 9.17) is 21.1 Å². The summed E-state index contributed by atoms with van der Waals surface area (Å²) in [5, 5.41) is 19.6. The first-order valence-corrected chi connectivity index (χ1v) is 10.3. The van der Waals surface area contributed by atoms with Gasteiger partial charge in [0, 0.05) is 28.4 Å². The van der Waals surface area contributed by atoms with Gasteiger partial charge in [-0.05, 0) is 43.7 Å². The van der Waals surface area contributed by atoms with E-state index in [2.05, 4.69) is 16.0 Å². The quantitative estimate of drug-likeness (QED) is 0.563. The van der Waals surface area contributed by atoms with Crippen molar-refractivity contribution in [2.24, 2.45) is 5.92 Å². The molecule has 0 saturated carbocycles. The highest BCUT2D eigenvalue weighted by molar-refractivity contribution is 6.31. The van der Waals surface area contributed by atoms with Crippen molar-refractivity contribution in [1.82, 2.24) is 5.32 Å². The largest absolute Gasteiger partial charge is 0.497 e. The molecule has 2 aromatic carbocycles. The van der Waals surface area contributed by atoms with E-state index in [1.165, 1.54) is 14.2 Å². The van der Waals surface area contributed by atoms with Crippen molar-refractivity contribution >= 4 is 34.8 Å². The first-order chi connectivity index (χ1) is 14.8. The maximum absolute atomic E-state index is 13.5. The van der Waals surface area contributed by atoms with Crippen LogP contribution < -0.4 is 25.4 Å². The summed E-state index contributed by atoms with van der Waals surface area (Å²) in [5.74, 6) is -0.535. The highest BCUT2D eigenvalue weighted by Gasteiger charge is 2.60. The number of nitrogens with one attached hydrogen (secondary N) is 3. The Morgan fingerprint density at radius 1 is 1.26 bits per heavy atom. The number of rotatable bonds is 5. The van der Waals surface area contributed by atoms with E-state index >= 15 is 0 Å². The third kappa shape index (κ3) is 3.50. The second kappa shape index (κ2) is 8.03. The molecule has 0 aromatic heterocycles. The van der Waals surface area contributed by atoms with Crippen LogP contribution in [0.4, 0.5) is 11.4 Å². The first kappa shape index (κ1) is 21.4. The number of methoxy groups -OCH3 is 2. The van der Waals surface area contributed by atoms with Gasteiger partial charge in [0.05, 0.1) is 31.9 Å². The van der Waals surface area contributed by atoms with Gasteiger partial charge in [0.25, 0.3) is 0 Å². The van der Waals surface area contributed by atoms with Gasteiger partial charge in [-0.25, -0.2) is 0 Å². The lowest BCUT2D eigenvalue weighted by atomic mass is 9.79. The van der Waals surface area contributed by atoms with E-state index in [1.807, 2.05) is 0 Å². The molecule has 4 atom stereocenters. The maximum atomic E-state index is 13.5. The summed E-state index contributed by atoms with van der Waals surface area (Å²) in [7, 11) is 3.03. The minimum Gasteiger partial charge on any atom is -0.497 e. The van der Waals surface area contributed by atoms with Gasteiger partial charge in [-0.2, -0.15) is 0 Å². The first-order valence-electron chi connectivity index (χ1n) is 9.90. The minimum atomic E-state index is -1.35. The van der Waals surface area contributed by atoms with Crippen LogP contribution in [0.5, 0.6) is 11.5 Å². The topological polar surface area (TPSA) is 109 Å². The molecule has 31 heavy (non-hydrogen) atoms. The van der Waals surface area contributed by atoms with Crippen molar-refractivity contribution in [3.05, 3.63) is 47.0 Å². The molecule has 0 aliphatic carbocycles. The average Bonchev–Trinajstić information content (AvgIpc) is 3.28. The molecular weight excluding hydrogens is 422 g/mol. The number of aliphatic hydroxyl groups is 1. The number of amides is 2. The van der Waals surface area contributed by atoms with Crippen molar-refractivity contribution < 1.29 is 24.2 Å².